The zero-order valence-electron chi connectivity index (χ0n) is 14.7. The van der Waals surface area contributed by atoms with Crippen LogP contribution in [0.4, 0.5) is 4.39 Å². The smallest absolute Gasteiger partial charge is 0.223 e. The summed E-state index contributed by atoms with van der Waals surface area (Å²) in [5.41, 5.74) is 4.87. The molecule has 0 saturated carbocycles. The molecule has 130 valence electrons. The highest BCUT2D eigenvalue weighted by Crippen LogP contribution is 2.36. The number of hydrogen-bond donors (Lipinski definition) is 0. The van der Waals surface area contributed by atoms with E-state index in [2.05, 4.69) is 24.3 Å². The van der Waals surface area contributed by atoms with Crippen LogP contribution in [-0.4, -0.2) is 17.4 Å². The van der Waals surface area contributed by atoms with E-state index in [1.54, 1.807) is 6.07 Å². The number of amides is 1. The Balaban J connectivity index is 1.53. The Hall–Kier alpha value is -2.16. The van der Waals surface area contributed by atoms with Crippen molar-refractivity contribution in [1.29, 1.82) is 0 Å². The second-order valence-corrected chi connectivity index (χ2v) is 7.35. The Morgan fingerprint density at radius 3 is 2.80 bits per heavy atom. The van der Waals surface area contributed by atoms with E-state index in [4.69, 9.17) is 0 Å². The number of halogens is 1. The molecular weight excluding hydrogens is 313 g/mol. The monoisotopic (exact) mass is 337 g/mol. The van der Waals surface area contributed by atoms with Crippen LogP contribution in [0.15, 0.2) is 42.5 Å². The third-order valence-corrected chi connectivity index (χ3v) is 5.88. The first-order chi connectivity index (χ1) is 12.1. The molecule has 0 spiro atoms. The SMILES string of the molecule is CC1c2cc(F)ccc2CCN1C(=O)CC1CCCc2ccccc21. The largest absolute Gasteiger partial charge is 0.336 e. The molecule has 3 heteroatoms. The summed E-state index contributed by atoms with van der Waals surface area (Å²) in [5.74, 6) is 0.295. The number of hydrogen-bond acceptors (Lipinski definition) is 1. The Kier molecular flexibility index (Phi) is 4.32. The van der Waals surface area contributed by atoms with Gasteiger partial charge in [-0.3, -0.25) is 4.79 Å². The van der Waals surface area contributed by atoms with Crippen molar-refractivity contribution in [2.75, 3.05) is 6.54 Å². The molecule has 2 aliphatic rings. The Labute approximate surface area is 148 Å². The highest BCUT2D eigenvalue weighted by atomic mass is 19.1. The zero-order valence-corrected chi connectivity index (χ0v) is 14.7. The highest BCUT2D eigenvalue weighted by molar-refractivity contribution is 5.78. The lowest BCUT2D eigenvalue weighted by atomic mass is 9.80. The van der Waals surface area contributed by atoms with E-state index < -0.39 is 0 Å². The fourth-order valence-corrected chi connectivity index (χ4v) is 4.52. The molecule has 0 radical (unpaired) electrons. The van der Waals surface area contributed by atoms with E-state index in [9.17, 15) is 9.18 Å². The van der Waals surface area contributed by atoms with Crippen molar-refractivity contribution in [3.8, 4) is 0 Å². The highest BCUT2D eigenvalue weighted by Gasteiger charge is 2.30. The summed E-state index contributed by atoms with van der Waals surface area (Å²) >= 11 is 0. The quantitative estimate of drug-likeness (QED) is 0.772. The number of carbonyl (C=O) groups excluding carboxylic acids is 1. The molecule has 1 aliphatic carbocycles. The van der Waals surface area contributed by atoms with Crippen LogP contribution in [0.1, 0.15) is 60.4 Å². The molecular formula is C22H24FNO. The van der Waals surface area contributed by atoms with E-state index in [1.807, 2.05) is 17.9 Å². The second kappa shape index (κ2) is 6.62. The summed E-state index contributed by atoms with van der Waals surface area (Å²) in [4.78, 5) is 15.0. The van der Waals surface area contributed by atoms with Crippen LogP contribution >= 0.6 is 0 Å². The van der Waals surface area contributed by atoms with Gasteiger partial charge in [0.1, 0.15) is 5.82 Å². The van der Waals surface area contributed by atoms with Crippen molar-refractivity contribution in [1.82, 2.24) is 4.90 Å². The van der Waals surface area contributed by atoms with Gasteiger partial charge in [-0.15, -0.1) is 0 Å². The van der Waals surface area contributed by atoms with Crippen molar-refractivity contribution in [2.45, 2.75) is 51.0 Å². The predicted octanol–water partition coefficient (Wildman–Crippen LogP) is 4.78. The zero-order chi connectivity index (χ0) is 17.4. The Morgan fingerprint density at radius 1 is 1.12 bits per heavy atom. The molecule has 1 heterocycles. The summed E-state index contributed by atoms with van der Waals surface area (Å²) in [6.07, 6.45) is 4.72. The number of carbonyl (C=O) groups is 1. The lowest BCUT2D eigenvalue weighted by Gasteiger charge is -2.37. The molecule has 0 bridgehead atoms. The third kappa shape index (κ3) is 3.08. The maximum Gasteiger partial charge on any atom is 0.223 e. The first-order valence-corrected chi connectivity index (χ1v) is 9.29. The molecule has 2 unspecified atom stereocenters. The van der Waals surface area contributed by atoms with Crippen LogP contribution in [0, 0.1) is 5.82 Å². The minimum absolute atomic E-state index is 0.0502. The molecule has 2 aromatic rings. The maximum atomic E-state index is 13.6. The lowest BCUT2D eigenvalue weighted by molar-refractivity contribution is -0.134. The summed E-state index contributed by atoms with van der Waals surface area (Å²) in [6.45, 7) is 2.75. The van der Waals surface area contributed by atoms with Gasteiger partial charge in [0.2, 0.25) is 5.91 Å². The molecule has 2 atom stereocenters. The third-order valence-electron chi connectivity index (χ3n) is 5.88. The molecule has 0 N–H and O–H groups in total. The van der Waals surface area contributed by atoms with Crippen molar-refractivity contribution in [3.05, 3.63) is 70.5 Å². The number of fused-ring (bicyclic) bond motifs is 2. The van der Waals surface area contributed by atoms with Crippen molar-refractivity contribution >= 4 is 5.91 Å². The topological polar surface area (TPSA) is 20.3 Å². The van der Waals surface area contributed by atoms with Crippen molar-refractivity contribution < 1.29 is 9.18 Å². The minimum atomic E-state index is -0.221. The molecule has 2 aromatic carbocycles. The van der Waals surface area contributed by atoms with Gasteiger partial charge in [-0.2, -0.15) is 0 Å². The summed E-state index contributed by atoms with van der Waals surface area (Å²) in [7, 11) is 0. The summed E-state index contributed by atoms with van der Waals surface area (Å²) < 4.78 is 13.6. The van der Waals surface area contributed by atoms with Crippen molar-refractivity contribution in [2.24, 2.45) is 0 Å². The van der Waals surface area contributed by atoms with Crippen LogP contribution in [0.2, 0.25) is 0 Å². The van der Waals surface area contributed by atoms with Gasteiger partial charge in [-0.05, 0) is 72.9 Å². The molecule has 0 fully saturated rings. The van der Waals surface area contributed by atoms with Gasteiger partial charge in [-0.25, -0.2) is 4.39 Å². The molecule has 0 saturated heterocycles. The maximum absolute atomic E-state index is 13.6. The predicted molar refractivity (Wildman–Crippen MR) is 97.0 cm³/mol. The first kappa shape index (κ1) is 16.3. The minimum Gasteiger partial charge on any atom is -0.336 e. The van der Waals surface area contributed by atoms with E-state index in [1.165, 1.54) is 22.8 Å². The van der Waals surface area contributed by atoms with Gasteiger partial charge >= 0.3 is 0 Å². The van der Waals surface area contributed by atoms with Crippen LogP contribution < -0.4 is 0 Å². The van der Waals surface area contributed by atoms with E-state index in [0.29, 0.717) is 12.3 Å². The van der Waals surface area contributed by atoms with Gasteiger partial charge < -0.3 is 4.90 Å². The van der Waals surface area contributed by atoms with Crippen LogP contribution in [-0.2, 0) is 17.6 Å². The summed E-state index contributed by atoms with van der Waals surface area (Å²) in [6, 6.07) is 13.4. The Bertz CT molecular complexity index is 800. The number of nitrogens with zero attached hydrogens (tertiary/aromatic N) is 1. The standard InChI is InChI=1S/C22H24FNO/c1-15-21-14-19(23)10-9-17(21)11-12-24(15)22(25)13-18-7-4-6-16-5-2-3-8-20(16)18/h2-3,5,8-10,14-15,18H,4,6-7,11-13H2,1H3. The number of aryl methyl sites for hydroxylation is 1. The lowest BCUT2D eigenvalue weighted by Crippen LogP contribution is -2.39. The van der Waals surface area contributed by atoms with Gasteiger partial charge in [-0.1, -0.05) is 30.3 Å². The second-order valence-electron chi connectivity index (χ2n) is 7.35. The fourth-order valence-electron chi connectivity index (χ4n) is 4.52. The average molecular weight is 337 g/mol. The molecule has 0 aromatic heterocycles. The van der Waals surface area contributed by atoms with Gasteiger partial charge in [0.15, 0.2) is 0 Å². The molecule has 1 aliphatic heterocycles. The fraction of sp³-hybridized carbons (Fsp3) is 0.409. The molecule has 4 rings (SSSR count). The van der Waals surface area contributed by atoms with Crippen molar-refractivity contribution in [3.63, 3.8) is 0 Å². The van der Waals surface area contributed by atoms with Gasteiger partial charge in [0.25, 0.3) is 0 Å². The molecule has 2 nitrogen and oxygen atoms in total. The van der Waals surface area contributed by atoms with E-state index in [0.717, 1.165) is 37.8 Å². The van der Waals surface area contributed by atoms with Crippen LogP contribution in [0.3, 0.4) is 0 Å². The van der Waals surface area contributed by atoms with E-state index in [-0.39, 0.29) is 17.8 Å². The average Bonchev–Trinajstić information content (AvgIpc) is 2.63. The number of benzene rings is 2. The molecule has 1 amide bonds. The first-order valence-electron chi connectivity index (χ1n) is 9.29. The van der Waals surface area contributed by atoms with Gasteiger partial charge in [0, 0.05) is 13.0 Å². The summed E-state index contributed by atoms with van der Waals surface area (Å²) in [5, 5.41) is 0. The van der Waals surface area contributed by atoms with Crippen LogP contribution in [0.25, 0.3) is 0 Å². The van der Waals surface area contributed by atoms with Gasteiger partial charge in [0.05, 0.1) is 6.04 Å². The number of rotatable bonds is 2. The van der Waals surface area contributed by atoms with Crippen LogP contribution in [0.5, 0.6) is 0 Å². The molecule has 25 heavy (non-hydrogen) atoms. The Morgan fingerprint density at radius 2 is 1.92 bits per heavy atom. The van der Waals surface area contributed by atoms with E-state index >= 15 is 0 Å². The normalized spacial score (nSPS) is 22.2.